The molecule has 0 bridgehead atoms. The molecule has 0 amide bonds. The molecule has 0 atom stereocenters. The number of anilines is 1. The Morgan fingerprint density at radius 3 is 2.87 bits per heavy atom. The highest BCUT2D eigenvalue weighted by Gasteiger charge is 2.10. The Labute approximate surface area is 124 Å². The molecule has 0 unspecified atom stereocenters. The van der Waals surface area contributed by atoms with Crippen LogP contribution in [0.25, 0.3) is 11.2 Å². The van der Waals surface area contributed by atoms with Gasteiger partial charge in [-0.1, -0.05) is 0 Å². The summed E-state index contributed by atoms with van der Waals surface area (Å²) in [5.41, 5.74) is 0.719. The molecule has 3 N–H and O–H groups in total. The first kappa shape index (κ1) is 14.1. The molecule has 0 saturated carbocycles. The molecule has 13 nitrogen and oxygen atoms in total. The molecule has 0 radical (unpaired) electrons. The largest absolute Gasteiger partial charge is 0.433 e. The third-order valence-corrected chi connectivity index (χ3v) is 2.51. The number of nitrogens with one attached hydrogen (secondary N) is 3. The zero-order chi connectivity index (χ0) is 16.4. The maximum absolute atomic E-state index is 11.4. The van der Waals surface area contributed by atoms with Crippen molar-refractivity contribution in [3.8, 4) is 0 Å². The minimum absolute atomic E-state index is 0.0694. The molecule has 116 valence electrons. The van der Waals surface area contributed by atoms with E-state index >= 15 is 0 Å². The fourth-order valence-corrected chi connectivity index (χ4v) is 1.58. The number of hydrogen-bond acceptors (Lipinski definition) is 10. The zero-order valence-electron chi connectivity index (χ0n) is 11.0. The second-order valence-corrected chi connectivity index (χ2v) is 4.04. The van der Waals surface area contributed by atoms with Gasteiger partial charge in [-0.25, -0.2) is 10.2 Å². The Morgan fingerprint density at radius 1 is 1.30 bits per heavy atom. The Morgan fingerprint density at radius 2 is 2.13 bits per heavy atom. The number of hydrazone groups is 1. The van der Waals surface area contributed by atoms with Crippen molar-refractivity contribution in [2.24, 2.45) is 5.10 Å². The Hall–Kier alpha value is -3.90. The third kappa shape index (κ3) is 2.92. The number of aromatic amines is 2. The number of fused-ring (bicyclic) bond motifs is 1. The lowest BCUT2D eigenvalue weighted by molar-refractivity contribution is -0.402. The average molecular weight is 318 g/mol. The van der Waals surface area contributed by atoms with E-state index in [1.54, 1.807) is 0 Å². The van der Waals surface area contributed by atoms with Gasteiger partial charge in [-0.3, -0.25) is 24.9 Å². The molecule has 0 fully saturated rings. The van der Waals surface area contributed by atoms with Crippen LogP contribution in [0.4, 0.5) is 11.8 Å². The molecule has 23 heavy (non-hydrogen) atoms. The lowest BCUT2D eigenvalue weighted by Crippen LogP contribution is -2.23. The number of furan rings is 1. The summed E-state index contributed by atoms with van der Waals surface area (Å²) < 4.78 is 4.85. The van der Waals surface area contributed by atoms with Gasteiger partial charge >= 0.3 is 11.6 Å². The van der Waals surface area contributed by atoms with Gasteiger partial charge in [-0.2, -0.15) is 10.1 Å². The molecule has 3 aromatic heterocycles. The van der Waals surface area contributed by atoms with Gasteiger partial charge in [0.1, 0.15) is 4.92 Å². The first-order chi connectivity index (χ1) is 11.0. The van der Waals surface area contributed by atoms with E-state index in [-0.39, 0.29) is 22.9 Å². The van der Waals surface area contributed by atoms with Crippen LogP contribution in [-0.4, -0.2) is 36.3 Å². The predicted octanol–water partition coefficient (Wildman–Crippen LogP) is -0.651. The van der Waals surface area contributed by atoms with Crippen LogP contribution < -0.4 is 16.7 Å². The summed E-state index contributed by atoms with van der Waals surface area (Å²) in [5.74, 6) is -0.397. The van der Waals surface area contributed by atoms with E-state index in [0.717, 1.165) is 6.21 Å². The lowest BCUT2D eigenvalue weighted by Gasteiger charge is -1.98. The van der Waals surface area contributed by atoms with Gasteiger partial charge in [0.2, 0.25) is 0 Å². The SMILES string of the molecule is O=c1[nH]c(=O)c2nnc(NN=Cc3ccc([N+](=O)[O-])o3)nc2[nH]1. The van der Waals surface area contributed by atoms with Crippen molar-refractivity contribution in [1.29, 1.82) is 0 Å². The monoisotopic (exact) mass is 318 g/mol. The van der Waals surface area contributed by atoms with Gasteiger partial charge in [0.25, 0.3) is 11.5 Å². The van der Waals surface area contributed by atoms with E-state index in [1.165, 1.54) is 12.1 Å². The summed E-state index contributed by atoms with van der Waals surface area (Å²) in [7, 11) is 0. The van der Waals surface area contributed by atoms with Crippen LogP contribution >= 0.6 is 0 Å². The zero-order valence-corrected chi connectivity index (χ0v) is 11.0. The quantitative estimate of drug-likeness (QED) is 0.319. The molecule has 3 rings (SSSR count). The van der Waals surface area contributed by atoms with Crippen molar-refractivity contribution in [3.63, 3.8) is 0 Å². The molecule has 0 saturated heterocycles. The molecule has 0 aliphatic rings. The van der Waals surface area contributed by atoms with Gasteiger partial charge in [0, 0.05) is 0 Å². The summed E-state index contributed by atoms with van der Waals surface area (Å²) in [4.78, 5) is 40.5. The van der Waals surface area contributed by atoms with Crippen LogP contribution in [0.2, 0.25) is 0 Å². The van der Waals surface area contributed by atoms with Gasteiger partial charge in [-0.05, 0) is 6.07 Å². The Kier molecular flexibility index (Phi) is 3.34. The van der Waals surface area contributed by atoms with Gasteiger partial charge in [-0.15, -0.1) is 10.2 Å². The van der Waals surface area contributed by atoms with E-state index in [4.69, 9.17) is 4.42 Å². The topological polar surface area (TPSA) is 185 Å². The molecular formula is C10H6N8O5. The molecule has 0 spiro atoms. The van der Waals surface area contributed by atoms with Crippen LogP contribution in [0, 0.1) is 10.1 Å². The number of nitrogens with zero attached hydrogens (tertiary/aromatic N) is 5. The van der Waals surface area contributed by atoms with Crippen molar-refractivity contribution in [1.82, 2.24) is 25.1 Å². The average Bonchev–Trinajstić information content (AvgIpc) is 2.96. The minimum Gasteiger partial charge on any atom is -0.400 e. The predicted molar refractivity (Wildman–Crippen MR) is 75.2 cm³/mol. The van der Waals surface area contributed by atoms with E-state index in [9.17, 15) is 19.7 Å². The van der Waals surface area contributed by atoms with Gasteiger partial charge in [0.15, 0.2) is 16.9 Å². The molecule has 0 aliphatic carbocycles. The Balaban J connectivity index is 1.81. The van der Waals surface area contributed by atoms with Gasteiger partial charge in [0.05, 0.1) is 12.3 Å². The summed E-state index contributed by atoms with van der Waals surface area (Å²) in [6.45, 7) is 0. The summed E-state index contributed by atoms with van der Waals surface area (Å²) in [5, 5.41) is 21.4. The number of nitro groups is 1. The summed E-state index contributed by atoms with van der Waals surface area (Å²) in [6.07, 6.45) is 1.15. The fraction of sp³-hybridized carbons (Fsp3) is 0. The first-order valence-corrected chi connectivity index (χ1v) is 5.93. The van der Waals surface area contributed by atoms with E-state index < -0.39 is 22.1 Å². The molecule has 0 aliphatic heterocycles. The molecule has 3 heterocycles. The van der Waals surface area contributed by atoms with Gasteiger partial charge < -0.3 is 4.42 Å². The first-order valence-electron chi connectivity index (χ1n) is 5.93. The van der Waals surface area contributed by atoms with Crippen LogP contribution in [0.1, 0.15) is 5.76 Å². The van der Waals surface area contributed by atoms with Crippen LogP contribution in [0.15, 0.2) is 31.2 Å². The summed E-state index contributed by atoms with van der Waals surface area (Å²) >= 11 is 0. The van der Waals surface area contributed by atoms with Crippen molar-refractivity contribution >= 4 is 29.2 Å². The highest BCUT2D eigenvalue weighted by molar-refractivity contribution is 5.77. The van der Waals surface area contributed by atoms with Crippen molar-refractivity contribution < 1.29 is 9.34 Å². The van der Waals surface area contributed by atoms with E-state index in [1.807, 2.05) is 4.98 Å². The highest BCUT2D eigenvalue weighted by atomic mass is 16.6. The van der Waals surface area contributed by atoms with E-state index in [2.05, 4.69) is 30.7 Å². The third-order valence-electron chi connectivity index (χ3n) is 2.51. The number of H-pyrrole nitrogens is 2. The normalized spacial score (nSPS) is 11.1. The Bertz CT molecular complexity index is 1030. The van der Waals surface area contributed by atoms with Crippen molar-refractivity contribution in [2.75, 3.05) is 5.43 Å². The minimum atomic E-state index is -0.736. The highest BCUT2D eigenvalue weighted by Crippen LogP contribution is 2.13. The van der Waals surface area contributed by atoms with Crippen molar-refractivity contribution in [3.05, 3.63) is 48.8 Å². The van der Waals surface area contributed by atoms with E-state index in [0.29, 0.717) is 0 Å². The summed E-state index contributed by atoms with van der Waals surface area (Å²) in [6, 6.07) is 2.52. The maximum atomic E-state index is 11.4. The lowest BCUT2D eigenvalue weighted by atomic mass is 10.5. The van der Waals surface area contributed by atoms with Crippen molar-refractivity contribution in [2.45, 2.75) is 0 Å². The molecule has 13 heteroatoms. The van der Waals surface area contributed by atoms with Crippen LogP contribution in [0.3, 0.4) is 0 Å². The molecular weight excluding hydrogens is 312 g/mol. The van der Waals surface area contributed by atoms with Crippen LogP contribution in [-0.2, 0) is 0 Å². The fourth-order valence-electron chi connectivity index (χ4n) is 1.58. The molecule has 0 aromatic carbocycles. The second kappa shape index (κ2) is 5.47. The second-order valence-electron chi connectivity index (χ2n) is 4.04. The number of rotatable bonds is 4. The molecule has 3 aromatic rings. The number of aromatic nitrogens is 5. The standard InChI is InChI=1S/C10H6N8O5/c19-8-6-7(13-10(20)14-8)12-9(17-15-6)16-11-3-4-1-2-5(23-4)18(21)22/h1-3H,(H3,12,13,14,16,17,19,20). The smallest absolute Gasteiger partial charge is 0.400 e. The van der Waals surface area contributed by atoms with Crippen LogP contribution in [0.5, 0.6) is 0 Å². The maximum Gasteiger partial charge on any atom is 0.433 e. The number of hydrogen-bond donors (Lipinski definition) is 3.